The number of carbonyl (C=O) groups is 1. The van der Waals surface area contributed by atoms with Gasteiger partial charge < -0.3 is 24.6 Å². The Balaban J connectivity index is 1.56. The first-order valence-corrected chi connectivity index (χ1v) is 10.6. The number of rotatable bonds is 5. The number of hydrogen-bond acceptors (Lipinski definition) is 4. The van der Waals surface area contributed by atoms with Gasteiger partial charge in [0.25, 0.3) is 0 Å². The number of aliphatic imine (C=N–C) groups is 1. The van der Waals surface area contributed by atoms with Gasteiger partial charge in [-0.1, -0.05) is 0 Å². The zero-order chi connectivity index (χ0) is 20.8. The fraction of sp³-hybridized carbons (Fsp3) is 0.636. The Hall–Kier alpha value is -2.44. The SMILES string of the molecule is CN=C(NCCC(=O)N1CCCCC1C)N1CCc2cc(OC)c(OC)cc2C1. The first kappa shape index (κ1) is 21.3. The second-order valence-corrected chi connectivity index (χ2v) is 7.80. The quantitative estimate of drug-likeness (QED) is 0.605. The summed E-state index contributed by atoms with van der Waals surface area (Å²) in [5.41, 5.74) is 2.50. The minimum Gasteiger partial charge on any atom is -0.493 e. The van der Waals surface area contributed by atoms with Gasteiger partial charge in [0.1, 0.15) is 0 Å². The van der Waals surface area contributed by atoms with E-state index in [0.29, 0.717) is 19.0 Å². The van der Waals surface area contributed by atoms with Crippen LogP contribution in [0.1, 0.15) is 43.7 Å². The van der Waals surface area contributed by atoms with Crippen molar-refractivity contribution >= 4 is 11.9 Å². The molecule has 0 radical (unpaired) electrons. The zero-order valence-electron chi connectivity index (χ0n) is 18.2. The van der Waals surface area contributed by atoms with Crippen LogP contribution in [0.4, 0.5) is 0 Å². The third-order valence-electron chi connectivity index (χ3n) is 5.97. The van der Waals surface area contributed by atoms with E-state index in [1.165, 1.54) is 17.5 Å². The molecule has 2 heterocycles. The molecule has 1 atom stereocenters. The highest BCUT2D eigenvalue weighted by atomic mass is 16.5. The summed E-state index contributed by atoms with van der Waals surface area (Å²) in [6.45, 7) is 5.27. The third-order valence-corrected chi connectivity index (χ3v) is 5.97. The van der Waals surface area contributed by atoms with Gasteiger partial charge in [-0.2, -0.15) is 0 Å². The highest BCUT2D eigenvalue weighted by Gasteiger charge is 2.24. The van der Waals surface area contributed by atoms with Crippen LogP contribution in [0.2, 0.25) is 0 Å². The van der Waals surface area contributed by atoms with Crippen molar-refractivity contribution in [1.82, 2.24) is 15.1 Å². The van der Waals surface area contributed by atoms with Crippen molar-refractivity contribution in [2.45, 2.75) is 51.6 Å². The summed E-state index contributed by atoms with van der Waals surface area (Å²) in [5, 5.41) is 3.38. The molecule has 0 aliphatic carbocycles. The normalized spacial score (nSPS) is 19.6. The molecule has 1 amide bonds. The van der Waals surface area contributed by atoms with Crippen molar-refractivity contribution in [3.63, 3.8) is 0 Å². The number of methoxy groups -OCH3 is 2. The lowest BCUT2D eigenvalue weighted by Gasteiger charge is -2.34. The van der Waals surface area contributed by atoms with Gasteiger partial charge in [0.2, 0.25) is 5.91 Å². The monoisotopic (exact) mass is 402 g/mol. The van der Waals surface area contributed by atoms with E-state index in [1.807, 2.05) is 4.90 Å². The fourth-order valence-corrected chi connectivity index (χ4v) is 4.29. The van der Waals surface area contributed by atoms with Gasteiger partial charge in [0.05, 0.1) is 14.2 Å². The van der Waals surface area contributed by atoms with Gasteiger partial charge >= 0.3 is 0 Å². The number of likely N-dealkylation sites (tertiary alicyclic amines) is 1. The van der Waals surface area contributed by atoms with Crippen molar-refractivity contribution in [2.24, 2.45) is 4.99 Å². The molecule has 3 rings (SSSR count). The van der Waals surface area contributed by atoms with E-state index in [1.54, 1.807) is 21.3 Å². The van der Waals surface area contributed by atoms with Crippen LogP contribution in [0.25, 0.3) is 0 Å². The smallest absolute Gasteiger partial charge is 0.224 e. The maximum Gasteiger partial charge on any atom is 0.224 e. The van der Waals surface area contributed by atoms with Crippen LogP contribution >= 0.6 is 0 Å². The predicted octanol–water partition coefficient (Wildman–Crippen LogP) is 2.43. The van der Waals surface area contributed by atoms with Crippen molar-refractivity contribution < 1.29 is 14.3 Å². The second-order valence-electron chi connectivity index (χ2n) is 7.80. The average Bonchev–Trinajstić information content (AvgIpc) is 2.75. The number of carbonyl (C=O) groups excluding carboxylic acids is 1. The number of nitrogens with zero attached hydrogens (tertiary/aromatic N) is 3. The molecule has 1 N–H and O–H groups in total. The summed E-state index contributed by atoms with van der Waals surface area (Å²) >= 11 is 0. The number of ether oxygens (including phenoxy) is 2. The van der Waals surface area contributed by atoms with E-state index in [-0.39, 0.29) is 5.91 Å². The van der Waals surface area contributed by atoms with E-state index in [0.717, 1.165) is 56.4 Å². The Labute approximate surface area is 174 Å². The van der Waals surface area contributed by atoms with Gasteiger partial charge in [-0.25, -0.2) is 0 Å². The van der Waals surface area contributed by atoms with Crippen LogP contribution in [0.15, 0.2) is 17.1 Å². The van der Waals surface area contributed by atoms with Crippen LogP contribution in [0.3, 0.4) is 0 Å². The lowest BCUT2D eigenvalue weighted by Crippen LogP contribution is -2.46. The highest BCUT2D eigenvalue weighted by molar-refractivity contribution is 5.82. The minimum absolute atomic E-state index is 0.237. The van der Waals surface area contributed by atoms with Crippen LogP contribution in [-0.2, 0) is 17.8 Å². The number of hydrogen-bond donors (Lipinski definition) is 1. The Morgan fingerprint density at radius 3 is 2.55 bits per heavy atom. The molecule has 0 aromatic heterocycles. The molecule has 7 nitrogen and oxygen atoms in total. The maximum absolute atomic E-state index is 12.6. The molecule has 0 saturated carbocycles. The van der Waals surface area contributed by atoms with Crippen LogP contribution in [0, 0.1) is 0 Å². The largest absolute Gasteiger partial charge is 0.493 e. The molecule has 7 heteroatoms. The summed E-state index contributed by atoms with van der Waals surface area (Å²) < 4.78 is 10.9. The van der Waals surface area contributed by atoms with Gasteiger partial charge in [0, 0.05) is 45.7 Å². The number of piperidine rings is 1. The summed E-state index contributed by atoms with van der Waals surface area (Å²) in [6, 6.07) is 4.48. The van der Waals surface area contributed by atoms with Crippen molar-refractivity contribution in [3.8, 4) is 11.5 Å². The maximum atomic E-state index is 12.6. The van der Waals surface area contributed by atoms with Crippen molar-refractivity contribution in [2.75, 3.05) is 40.9 Å². The molecule has 0 spiro atoms. The summed E-state index contributed by atoms with van der Waals surface area (Å²) in [6.07, 6.45) is 4.87. The molecule has 1 unspecified atom stereocenters. The predicted molar refractivity (Wildman–Crippen MR) is 115 cm³/mol. The first-order valence-electron chi connectivity index (χ1n) is 10.6. The number of fused-ring (bicyclic) bond motifs is 1. The third kappa shape index (κ3) is 4.95. The molecule has 29 heavy (non-hydrogen) atoms. The lowest BCUT2D eigenvalue weighted by molar-refractivity contribution is -0.134. The van der Waals surface area contributed by atoms with E-state index in [2.05, 4.69) is 34.3 Å². The standard InChI is InChI=1S/C22H34N4O3/c1-16-7-5-6-11-26(16)21(27)8-10-24-22(23-2)25-12-9-17-13-19(28-3)20(29-4)14-18(17)15-25/h13-14,16H,5-12,15H2,1-4H3,(H,23,24). The fourth-order valence-electron chi connectivity index (χ4n) is 4.29. The van der Waals surface area contributed by atoms with Crippen LogP contribution in [0.5, 0.6) is 11.5 Å². The van der Waals surface area contributed by atoms with Crippen LogP contribution in [-0.4, -0.2) is 68.6 Å². The summed E-state index contributed by atoms with van der Waals surface area (Å²) in [4.78, 5) is 21.2. The molecule has 2 aliphatic heterocycles. The topological polar surface area (TPSA) is 66.4 Å². The molecule has 0 bridgehead atoms. The van der Waals surface area contributed by atoms with Crippen molar-refractivity contribution in [1.29, 1.82) is 0 Å². The van der Waals surface area contributed by atoms with Gasteiger partial charge in [0.15, 0.2) is 17.5 Å². The minimum atomic E-state index is 0.237. The molecule has 1 saturated heterocycles. The van der Waals surface area contributed by atoms with Gasteiger partial charge in [-0.15, -0.1) is 0 Å². The first-order chi connectivity index (χ1) is 14.1. The van der Waals surface area contributed by atoms with E-state index >= 15 is 0 Å². The number of nitrogens with one attached hydrogen (secondary N) is 1. The number of amides is 1. The average molecular weight is 403 g/mol. The summed E-state index contributed by atoms with van der Waals surface area (Å²) in [5.74, 6) is 2.59. The Morgan fingerprint density at radius 1 is 1.17 bits per heavy atom. The molecule has 1 aromatic carbocycles. The second kappa shape index (κ2) is 9.85. The molecular formula is C22H34N4O3. The van der Waals surface area contributed by atoms with Crippen LogP contribution < -0.4 is 14.8 Å². The lowest BCUT2D eigenvalue weighted by atomic mass is 9.99. The molecule has 1 aromatic rings. The van der Waals surface area contributed by atoms with E-state index in [4.69, 9.17) is 9.47 Å². The van der Waals surface area contributed by atoms with Crippen molar-refractivity contribution in [3.05, 3.63) is 23.3 Å². The summed E-state index contributed by atoms with van der Waals surface area (Å²) in [7, 11) is 5.11. The number of benzene rings is 1. The highest BCUT2D eigenvalue weighted by Crippen LogP contribution is 2.33. The zero-order valence-corrected chi connectivity index (χ0v) is 18.2. The molecule has 2 aliphatic rings. The van der Waals surface area contributed by atoms with E-state index in [9.17, 15) is 4.79 Å². The Morgan fingerprint density at radius 2 is 1.90 bits per heavy atom. The number of guanidine groups is 1. The molecule has 1 fully saturated rings. The van der Waals surface area contributed by atoms with Gasteiger partial charge in [-0.05, 0) is 55.9 Å². The Bertz CT molecular complexity index is 750. The van der Waals surface area contributed by atoms with Gasteiger partial charge in [-0.3, -0.25) is 9.79 Å². The Kier molecular flexibility index (Phi) is 7.23. The molecule has 160 valence electrons. The molecular weight excluding hydrogens is 368 g/mol. The van der Waals surface area contributed by atoms with E-state index < -0.39 is 0 Å².